The summed E-state index contributed by atoms with van der Waals surface area (Å²) in [5.41, 5.74) is 7.68. The molecule has 1 amide bonds. The van der Waals surface area contributed by atoms with E-state index in [1.54, 1.807) is 0 Å². The van der Waals surface area contributed by atoms with Crippen LogP contribution in [0, 0.1) is 5.92 Å². The lowest BCUT2D eigenvalue weighted by Crippen LogP contribution is -2.23. The van der Waals surface area contributed by atoms with Gasteiger partial charge in [0, 0.05) is 23.2 Å². The zero-order chi connectivity index (χ0) is 16.1. The van der Waals surface area contributed by atoms with Gasteiger partial charge in [-0.25, -0.2) is 0 Å². The van der Waals surface area contributed by atoms with Gasteiger partial charge in [-0.05, 0) is 37.5 Å². The van der Waals surface area contributed by atoms with Crippen molar-refractivity contribution >= 4 is 24.0 Å². The molecule has 2 unspecified atom stereocenters. The lowest BCUT2D eigenvalue weighted by molar-refractivity contribution is -0.119. The van der Waals surface area contributed by atoms with Crippen molar-refractivity contribution < 1.29 is 9.53 Å². The second-order valence-corrected chi connectivity index (χ2v) is 6.02. The minimum atomic E-state index is 0. The van der Waals surface area contributed by atoms with E-state index in [-0.39, 0.29) is 30.3 Å². The number of carbonyl (C=O) groups is 1. The molecule has 1 aliphatic carbocycles. The Balaban J connectivity index is 0.00000208. The van der Waals surface area contributed by atoms with Crippen molar-refractivity contribution in [3.8, 4) is 5.75 Å². The van der Waals surface area contributed by atoms with Gasteiger partial charge < -0.3 is 15.8 Å². The van der Waals surface area contributed by atoms with Crippen LogP contribution in [0.15, 0.2) is 54.6 Å². The topological polar surface area (TPSA) is 64.4 Å². The third kappa shape index (κ3) is 4.73. The van der Waals surface area contributed by atoms with E-state index in [1.807, 2.05) is 54.6 Å². The van der Waals surface area contributed by atoms with Crippen LogP contribution in [0.25, 0.3) is 0 Å². The van der Waals surface area contributed by atoms with Crippen LogP contribution in [0.5, 0.6) is 5.75 Å². The van der Waals surface area contributed by atoms with Crippen molar-refractivity contribution in [3.05, 3.63) is 60.2 Å². The van der Waals surface area contributed by atoms with E-state index in [0.29, 0.717) is 6.61 Å². The van der Waals surface area contributed by atoms with Gasteiger partial charge in [0.1, 0.15) is 12.4 Å². The number of para-hydroxylation sites is 2. The zero-order valence-electron chi connectivity index (χ0n) is 13.5. The largest absolute Gasteiger partial charge is 0.489 e. The zero-order valence-corrected chi connectivity index (χ0v) is 14.3. The Morgan fingerprint density at radius 2 is 1.79 bits per heavy atom. The quantitative estimate of drug-likeness (QED) is 0.866. The van der Waals surface area contributed by atoms with Crippen LogP contribution in [-0.2, 0) is 11.4 Å². The van der Waals surface area contributed by atoms with E-state index >= 15 is 0 Å². The third-order valence-electron chi connectivity index (χ3n) is 4.26. The number of hydrogen-bond donors (Lipinski definition) is 2. The fraction of sp³-hybridized carbons (Fsp3) is 0.316. The van der Waals surface area contributed by atoms with E-state index in [2.05, 4.69) is 5.32 Å². The van der Waals surface area contributed by atoms with Crippen LogP contribution in [0.2, 0.25) is 0 Å². The Morgan fingerprint density at radius 1 is 1.08 bits per heavy atom. The standard InChI is InChI=1S/C19H22N2O2.ClH/c20-16-11-10-14(12-16)19(22)21-18-9-5-4-6-15(18)13-23-17-7-2-1-3-8-17;/h1-9,14,16H,10-13,20H2,(H,21,22);1H. The number of amides is 1. The van der Waals surface area contributed by atoms with Crippen molar-refractivity contribution in [1.82, 2.24) is 0 Å². The molecule has 2 aromatic rings. The number of benzene rings is 2. The molecule has 4 nitrogen and oxygen atoms in total. The Bertz CT molecular complexity index is 663. The number of rotatable bonds is 5. The van der Waals surface area contributed by atoms with Gasteiger partial charge in [0.25, 0.3) is 0 Å². The maximum atomic E-state index is 12.4. The Hall–Kier alpha value is -2.04. The molecule has 1 fully saturated rings. The Labute approximate surface area is 148 Å². The molecule has 0 saturated heterocycles. The molecule has 0 aliphatic heterocycles. The number of carbonyl (C=O) groups excluding carboxylic acids is 1. The van der Waals surface area contributed by atoms with Crippen molar-refractivity contribution in [1.29, 1.82) is 0 Å². The molecule has 2 atom stereocenters. The highest BCUT2D eigenvalue weighted by Gasteiger charge is 2.28. The maximum absolute atomic E-state index is 12.4. The lowest BCUT2D eigenvalue weighted by atomic mass is 10.1. The minimum absolute atomic E-state index is 0. The van der Waals surface area contributed by atoms with Gasteiger partial charge in [0.2, 0.25) is 5.91 Å². The normalized spacial score (nSPS) is 19.4. The molecule has 3 N–H and O–H groups in total. The fourth-order valence-electron chi connectivity index (χ4n) is 2.94. The van der Waals surface area contributed by atoms with E-state index < -0.39 is 0 Å². The molecule has 0 heterocycles. The molecule has 3 rings (SSSR count). The SMILES string of the molecule is Cl.NC1CCC(C(=O)Nc2ccccc2COc2ccccc2)C1. The number of anilines is 1. The number of nitrogens with one attached hydrogen (secondary N) is 1. The average Bonchev–Trinajstić information content (AvgIpc) is 3.02. The molecule has 2 aromatic carbocycles. The first-order valence-electron chi connectivity index (χ1n) is 8.04. The van der Waals surface area contributed by atoms with Gasteiger partial charge in [0.15, 0.2) is 0 Å². The van der Waals surface area contributed by atoms with Crippen LogP contribution < -0.4 is 15.8 Å². The molecular formula is C19H23ClN2O2. The van der Waals surface area contributed by atoms with Gasteiger partial charge in [-0.2, -0.15) is 0 Å². The highest BCUT2D eigenvalue weighted by molar-refractivity contribution is 5.93. The summed E-state index contributed by atoms with van der Waals surface area (Å²) in [4.78, 5) is 12.4. The smallest absolute Gasteiger partial charge is 0.227 e. The molecule has 0 radical (unpaired) electrons. The Morgan fingerprint density at radius 3 is 2.50 bits per heavy atom. The van der Waals surface area contributed by atoms with E-state index in [9.17, 15) is 4.79 Å². The molecule has 128 valence electrons. The van der Waals surface area contributed by atoms with Gasteiger partial charge >= 0.3 is 0 Å². The van der Waals surface area contributed by atoms with E-state index in [0.717, 1.165) is 36.3 Å². The summed E-state index contributed by atoms with van der Waals surface area (Å²) < 4.78 is 5.79. The van der Waals surface area contributed by atoms with Gasteiger partial charge in [-0.15, -0.1) is 12.4 Å². The highest BCUT2D eigenvalue weighted by Crippen LogP contribution is 2.26. The molecule has 24 heavy (non-hydrogen) atoms. The third-order valence-corrected chi connectivity index (χ3v) is 4.26. The first kappa shape index (κ1) is 18.3. The van der Waals surface area contributed by atoms with Crippen molar-refractivity contribution in [3.63, 3.8) is 0 Å². The maximum Gasteiger partial charge on any atom is 0.227 e. The van der Waals surface area contributed by atoms with E-state index in [1.165, 1.54) is 0 Å². The first-order valence-corrected chi connectivity index (χ1v) is 8.04. The second-order valence-electron chi connectivity index (χ2n) is 6.02. The van der Waals surface area contributed by atoms with Crippen molar-refractivity contribution in [2.45, 2.75) is 31.9 Å². The van der Waals surface area contributed by atoms with Crippen molar-refractivity contribution in [2.75, 3.05) is 5.32 Å². The predicted octanol–water partition coefficient (Wildman–Crippen LogP) is 3.75. The molecule has 0 aromatic heterocycles. The summed E-state index contributed by atoms with van der Waals surface area (Å²) in [6.45, 7) is 0.421. The van der Waals surface area contributed by atoms with Crippen molar-refractivity contribution in [2.24, 2.45) is 11.7 Å². The monoisotopic (exact) mass is 346 g/mol. The minimum Gasteiger partial charge on any atom is -0.489 e. The Kier molecular flexibility index (Phi) is 6.64. The molecule has 5 heteroatoms. The molecule has 0 spiro atoms. The predicted molar refractivity (Wildman–Crippen MR) is 98.4 cm³/mol. The first-order chi connectivity index (χ1) is 11.2. The van der Waals surface area contributed by atoms with Crippen LogP contribution >= 0.6 is 12.4 Å². The fourth-order valence-corrected chi connectivity index (χ4v) is 2.94. The summed E-state index contributed by atoms with van der Waals surface area (Å²) in [5, 5.41) is 3.03. The summed E-state index contributed by atoms with van der Waals surface area (Å²) in [7, 11) is 0. The summed E-state index contributed by atoms with van der Waals surface area (Å²) >= 11 is 0. The number of nitrogens with two attached hydrogens (primary N) is 1. The summed E-state index contributed by atoms with van der Waals surface area (Å²) in [6, 6.07) is 17.6. The summed E-state index contributed by atoms with van der Waals surface area (Å²) in [6.07, 6.45) is 2.57. The van der Waals surface area contributed by atoms with Gasteiger partial charge in [-0.1, -0.05) is 36.4 Å². The number of hydrogen-bond acceptors (Lipinski definition) is 3. The van der Waals surface area contributed by atoms with Crippen LogP contribution in [-0.4, -0.2) is 11.9 Å². The van der Waals surface area contributed by atoms with Crippen LogP contribution in [0.3, 0.4) is 0 Å². The molecule has 0 bridgehead atoms. The van der Waals surface area contributed by atoms with Gasteiger partial charge in [-0.3, -0.25) is 4.79 Å². The summed E-state index contributed by atoms with van der Waals surface area (Å²) in [5.74, 6) is 0.897. The van der Waals surface area contributed by atoms with Gasteiger partial charge in [0.05, 0.1) is 0 Å². The highest BCUT2D eigenvalue weighted by atomic mass is 35.5. The number of halogens is 1. The van der Waals surface area contributed by atoms with E-state index in [4.69, 9.17) is 10.5 Å². The van der Waals surface area contributed by atoms with Crippen LogP contribution in [0.1, 0.15) is 24.8 Å². The average molecular weight is 347 g/mol. The van der Waals surface area contributed by atoms with Crippen LogP contribution in [0.4, 0.5) is 5.69 Å². The molecule has 1 saturated carbocycles. The lowest BCUT2D eigenvalue weighted by Gasteiger charge is -2.15. The number of ether oxygens (including phenoxy) is 1. The molecular weight excluding hydrogens is 324 g/mol. The second kappa shape index (κ2) is 8.71. The molecule has 1 aliphatic rings.